The number of hydrogen-bond donors (Lipinski definition) is 0. The summed E-state index contributed by atoms with van der Waals surface area (Å²) in [5.41, 5.74) is 5.04. The molecular formula is C28H26O. The molecule has 1 heteroatoms. The molecule has 29 heavy (non-hydrogen) atoms. The van der Waals surface area contributed by atoms with Gasteiger partial charge in [0.15, 0.2) is 0 Å². The Morgan fingerprint density at radius 1 is 0.448 bits per heavy atom. The molecular weight excluding hydrogens is 352 g/mol. The van der Waals surface area contributed by atoms with Gasteiger partial charge in [0.05, 0.1) is 0 Å². The highest BCUT2D eigenvalue weighted by atomic mass is 16.5. The van der Waals surface area contributed by atoms with Gasteiger partial charge in [-0.25, -0.2) is 0 Å². The van der Waals surface area contributed by atoms with Crippen LogP contribution in [-0.4, -0.2) is 6.61 Å². The van der Waals surface area contributed by atoms with Gasteiger partial charge in [0.1, 0.15) is 6.10 Å². The maximum Gasteiger partial charge on any atom is 0.108 e. The maximum absolute atomic E-state index is 6.49. The van der Waals surface area contributed by atoms with Crippen LogP contribution in [0.4, 0.5) is 0 Å². The summed E-state index contributed by atoms with van der Waals surface area (Å²) in [4.78, 5) is 0. The van der Waals surface area contributed by atoms with E-state index in [-0.39, 0.29) is 6.10 Å². The molecule has 0 aliphatic rings. The van der Waals surface area contributed by atoms with E-state index in [0.717, 1.165) is 6.42 Å². The normalized spacial score (nSPS) is 11.1. The molecule has 4 aromatic carbocycles. The van der Waals surface area contributed by atoms with Crippen LogP contribution in [0.5, 0.6) is 0 Å². The number of hydrogen-bond acceptors (Lipinski definition) is 1. The Labute approximate surface area is 173 Å². The topological polar surface area (TPSA) is 9.23 Å². The molecule has 144 valence electrons. The fourth-order valence-corrected chi connectivity index (χ4v) is 3.84. The molecule has 0 fully saturated rings. The first-order valence-electron chi connectivity index (χ1n) is 10.2. The van der Waals surface area contributed by atoms with Gasteiger partial charge in [-0.1, -0.05) is 121 Å². The zero-order valence-electron chi connectivity index (χ0n) is 16.5. The van der Waals surface area contributed by atoms with Gasteiger partial charge in [0.2, 0.25) is 0 Å². The SMILES string of the molecule is c1ccc(C(CCOC(c2ccccc2)c2ccccc2)c2ccccc2)cc1. The van der Waals surface area contributed by atoms with Crippen molar-refractivity contribution in [3.63, 3.8) is 0 Å². The molecule has 0 saturated heterocycles. The van der Waals surface area contributed by atoms with Crippen molar-refractivity contribution in [1.29, 1.82) is 0 Å². The van der Waals surface area contributed by atoms with Crippen molar-refractivity contribution >= 4 is 0 Å². The Balaban J connectivity index is 1.53. The van der Waals surface area contributed by atoms with E-state index in [1.807, 2.05) is 12.1 Å². The van der Waals surface area contributed by atoms with Crippen molar-refractivity contribution in [2.75, 3.05) is 6.61 Å². The van der Waals surface area contributed by atoms with Gasteiger partial charge in [-0.05, 0) is 28.7 Å². The summed E-state index contributed by atoms with van der Waals surface area (Å²) < 4.78 is 6.49. The maximum atomic E-state index is 6.49. The van der Waals surface area contributed by atoms with Crippen LogP contribution in [0.2, 0.25) is 0 Å². The van der Waals surface area contributed by atoms with E-state index >= 15 is 0 Å². The van der Waals surface area contributed by atoms with Gasteiger partial charge in [-0.15, -0.1) is 0 Å². The number of benzene rings is 4. The Morgan fingerprint density at radius 2 is 0.793 bits per heavy atom. The highest BCUT2D eigenvalue weighted by Crippen LogP contribution is 2.30. The van der Waals surface area contributed by atoms with E-state index in [9.17, 15) is 0 Å². The minimum Gasteiger partial charge on any atom is -0.369 e. The van der Waals surface area contributed by atoms with Crippen molar-refractivity contribution in [3.8, 4) is 0 Å². The fourth-order valence-electron chi connectivity index (χ4n) is 3.84. The van der Waals surface area contributed by atoms with Crippen LogP contribution < -0.4 is 0 Å². The van der Waals surface area contributed by atoms with Crippen molar-refractivity contribution in [2.24, 2.45) is 0 Å². The third-order valence-corrected chi connectivity index (χ3v) is 5.30. The lowest BCUT2D eigenvalue weighted by atomic mass is 9.89. The highest BCUT2D eigenvalue weighted by Gasteiger charge is 2.18. The molecule has 0 N–H and O–H groups in total. The molecule has 0 aromatic heterocycles. The lowest BCUT2D eigenvalue weighted by molar-refractivity contribution is 0.0761. The molecule has 0 aliphatic heterocycles. The third kappa shape index (κ3) is 5.01. The fraction of sp³-hybridized carbons (Fsp3) is 0.143. The second kappa shape index (κ2) is 9.86. The average molecular weight is 379 g/mol. The average Bonchev–Trinajstić information content (AvgIpc) is 2.81. The van der Waals surface area contributed by atoms with E-state index in [1.54, 1.807) is 0 Å². The smallest absolute Gasteiger partial charge is 0.108 e. The second-order valence-corrected chi connectivity index (χ2v) is 7.23. The van der Waals surface area contributed by atoms with Gasteiger partial charge in [0.25, 0.3) is 0 Å². The van der Waals surface area contributed by atoms with Crippen molar-refractivity contribution in [2.45, 2.75) is 18.4 Å². The molecule has 0 bridgehead atoms. The van der Waals surface area contributed by atoms with E-state index in [1.165, 1.54) is 22.3 Å². The highest BCUT2D eigenvalue weighted by molar-refractivity contribution is 5.33. The third-order valence-electron chi connectivity index (χ3n) is 5.30. The molecule has 0 heterocycles. The van der Waals surface area contributed by atoms with E-state index in [2.05, 4.69) is 109 Å². The van der Waals surface area contributed by atoms with Crippen LogP contribution in [0.1, 0.15) is 40.7 Å². The molecule has 0 spiro atoms. The molecule has 0 amide bonds. The first-order chi connectivity index (χ1) is 14.4. The lowest BCUT2D eigenvalue weighted by Crippen LogP contribution is -2.11. The summed E-state index contributed by atoms with van der Waals surface area (Å²) in [7, 11) is 0. The Kier molecular flexibility index (Phi) is 6.52. The second-order valence-electron chi connectivity index (χ2n) is 7.23. The summed E-state index contributed by atoms with van der Waals surface area (Å²) >= 11 is 0. The first kappa shape index (κ1) is 19.2. The van der Waals surface area contributed by atoms with Crippen molar-refractivity contribution < 1.29 is 4.74 Å². The molecule has 0 aliphatic carbocycles. The van der Waals surface area contributed by atoms with Gasteiger partial charge < -0.3 is 4.74 Å². The quantitative estimate of drug-likeness (QED) is 0.320. The van der Waals surface area contributed by atoms with Crippen LogP contribution in [-0.2, 0) is 4.74 Å². The molecule has 0 atom stereocenters. The summed E-state index contributed by atoms with van der Waals surface area (Å²) in [5.74, 6) is 0.324. The Hall–Kier alpha value is -3.16. The van der Waals surface area contributed by atoms with Crippen LogP contribution in [0.15, 0.2) is 121 Å². The predicted molar refractivity (Wildman–Crippen MR) is 120 cm³/mol. The Morgan fingerprint density at radius 3 is 1.17 bits per heavy atom. The largest absolute Gasteiger partial charge is 0.369 e. The zero-order valence-corrected chi connectivity index (χ0v) is 16.5. The standard InChI is InChI=1S/C28H26O/c1-5-13-23(14-6-1)27(24-15-7-2-8-16-24)21-22-29-28(25-17-9-3-10-18-25)26-19-11-4-12-20-26/h1-20,27-28H,21-22H2. The minimum absolute atomic E-state index is 0.0513. The summed E-state index contributed by atoms with van der Waals surface area (Å²) in [5, 5.41) is 0. The zero-order chi connectivity index (χ0) is 19.7. The van der Waals surface area contributed by atoms with Crippen LogP contribution >= 0.6 is 0 Å². The monoisotopic (exact) mass is 378 g/mol. The Bertz CT molecular complexity index is 804. The van der Waals surface area contributed by atoms with Gasteiger partial charge in [0, 0.05) is 12.5 Å². The molecule has 4 rings (SSSR count). The van der Waals surface area contributed by atoms with Gasteiger partial charge in [-0.3, -0.25) is 0 Å². The summed E-state index contributed by atoms with van der Waals surface area (Å²) in [6.45, 7) is 0.683. The predicted octanol–water partition coefficient (Wildman–Crippen LogP) is 7.01. The summed E-state index contributed by atoms with van der Waals surface area (Å²) in [6, 6.07) is 42.4. The molecule has 0 radical (unpaired) electrons. The molecule has 1 nitrogen and oxygen atoms in total. The van der Waals surface area contributed by atoms with Crippen LogP contribution in [0.25, 0.3) is 0 Å². The van der Waals surface area contributed by atoms with Gasteiger partial charge >= 0.3 is 0 Å². The lowest BCUT2D eigenvalue weighted by Gasteiger charge is -2.22. The van der Waals surface area contributed by atoms with Crippen molar-refractivity contribution in [1.82, 2.24) is 0 Å². The molecule has 0 unspecified atom stereocenters. The van der Waals surface area contributed by atoms with Crippen molar-refractivity contribution in [3.05, 3.63) is 144 Å². The first-order valence-corrected chi connectivity index (χ1v) is 10.2. The van der Waals surface area contributed by atoms with E-state index < -0.39 is 0 Å². The molecule has 0 saturated carbocycles. The summed E-state index contributed by atoms with van der Waals surface area (Å²) in [6.07, 6.45) is 0.883. The molecule has 4 aromatic rings. The van der Waals surface area contributed by atoms with Crippen LogP contribution in [0.3, 0.4) is 0 Å². The van der Waals surface area contributed by atoms with E-state index in [0.29, 0.717) is 12.5 Å². The van der Waals surface area contributed by atoms with Crippen LogP contribution in [0, 0.1) is 0 Å². The van der Waals surface area contributed by atoms with Gasteiger partial charge in [-0.2, -0.15) is 0 Å². The number of rotatable bonds is 8. The van der Waals surface area contributed by atoms with E-state index in [4.69, 9.17) is 4.74 Å². The number of ether oxygens (including phenoxy) is 1. The minimum atomic E-state index is -0.0513.